The minimum Gasteiger partial charge on any atom is -0.348 e. The van der Waals surface area contributed by atoms with Crippen LogP contribution < -0.4 is 5.56 Å². The van der Waals surface area contributed by atoms with Crippen LogP contribution in [0.4, 0.5) is 0 Å². The van der Waals surface area contributed by atoms with Gasteiger partial charge in [-0.25, -0.2) is 9.67 Å². The second-order valence-corrected chi connectivity index (χ2v) is 6.68. The van der Waals surface area contributed by atoms with Crippen LogP contribution >= 0.6 is 11.8 Å². The highest BCUT2D eigenvalue weighted by Crippen LogP contribution is 2.18. The molecule has 0 aliphatic carbocycles. The number of H-pyrrole nitrogens is 1. The van der Waals surface area contributed by atoms with E-state index in [1.165, 1.54) is 18.0 Å². The number of benzene rings is 1. The second kappa shape index (κ2) is 6.64. The number of aromatic amines is 1. The molecule has 0 spiro atoms. The molecular weight excluding hydrogens is 350 g/mol. The molecule has 130 valence electrons. The molecule has 0 radical (unpaired) electrons. The maximum Gasteiger partial charge on any atom is 0.262 e. The number of nitrogens with zero attached hydrogens (tertiary/aromatic N) is 4. The first kappa shape index (κ1) is 16.3. The lowest BCUT2D eigenvalue weighted by Crippen LogP contribution is -2.12. The zero-order valence-corrected chi connectivity index (χ0v) is 14.7. The second-order valence-electron chi connectivity index (χ2n) is 5.72. The van der Waals surface area contributed by atoms with Crippen molar-refractivity contribution in [2.24, 2.45) is 7.05 Å². The minimum atomic E-state index is -0.272. The van der Waals surface area contributed by atoms with Crippen molar-refractivity contribution >= 4 is 28.6 Å². The van der Waals surface area contributed by atoms with Crippen LogP contribution in [0.5, 0.6) is 0 Å². The summed E-state index contributed by atoms with van der Waals surface area (Å²) in [5, 5.41) is 5.07. The molecule has 4 rings (SSSR count). The lowest BCUT2D eigenvalue weighted by molar-refractivity contribution is 0.101. The molecule has 0 atom stereocenters. The summed E-state index contributed by atoms with van der Waals surface area (Å²) < 4.78 is 3.39. The first-order valence-corrected chi connectivity index (χ1v) is 8.93. The van der Waals surface area contributed by atoms with Gasteiger partial charge in [0.1, 0.15) is 5.39 Å². The van der Waals surface area contributed by atoms with Crippen LogP contribution in [0.2, 0.25) is 0 Å². The molecule has 0 bridgehead atoms. The number of carbonyl (C=O) groups excluding carboxylic acids is 1. The molecule has 8 heteroatoms. The van der Waals surface area contributed by atoms with E-state index in [-0.39, 0.29) is 17.1 Å². The molecule has 0 saturated carbocycles. The van der Waals surface area contributed by atoms with Gasteiger partial charge in [-0.3, -0.25) is 9.59 Å². The molecule has 0 unspecified atom stereocenters. The summed E-state index contributed by atoms with van der Waals surface area (Å²) >= 11 is 1.20. The summed E-state index contributed by atoms with van der Waals surface area (Å²) in [5.41, 5.74) is 1.63. The SMILES string of the molecule is Cn1cccc1C(=O)CSc1nc2c(cnn2-c2ccccc2)c(=O)[nH]1. The summed E-state index contributed by atoms with van der Waals surface area (Å²) in [5.74, 6) is 0.160. The highest BCUT2D eigenvalue weighted by Gasteiger charge is 2.14. The number of rotatable bonds is 5. The van der Waals surface area contributed by atoms with Crippen LogP contribution in [-0.4, -0.2) is 35.9 Å². The number of hydrogen-bond acceptors (Lipinski definition) is 5. The van der Waals surface area contributed by atoms with E-state index in [0.29, 0.717) is 21.9 Å². The number of Topliss-reactive ketones (excluding diaryl/α,β-unsaturated/α-hetero) is 1. The quantitative estimate of drug-likeness (QED) is 0.333. The van der Waals surface area contributed by atoms with Gasteiger partial charge < -0.3 is 9.55 Å². The molecule has 0 amide bonds. The number of carbonyl (C=O) groups is 1. The average molecular weight is 365 g/mol. The fourth-order valence-corrected chi connectivity index (χ4v) is 3.42. The third-order valence-corrected chi connectivity index (χ3v) is 4.86. The Morgan fingerprint density at radius 3 is 2.73 bits per heavy atom. The zero-order valence-electron chi connectivity index (χ0n) is 13.9. The van der Waals surface area contributed by atoms with E-state index in [9.17, 15) is 9.59 Å². The van der Waals surface area contributed by atoms with E-state index in [1.807, 2.05) is 49.6 Å². The van der Waals surface area contributed by atoms with Crippen molar-refractivity contribution in [2.75, 3.05) is 5.75 Å². The van der Waals surface area contributed by atoms with Gasteiger partial charge in [-0.2, -0.15) is 5.10 Å². The molecule has 0 aliphatic rings. The van der Waals surface area contributed by atoms with Gasteiger partial charge >= 0.3 is 0 Å². The van der Waals surface area contributed by atoms with E-state index in [1.54, 1.807) is 15.3 Å². The number of aromatic nitrogens is 5. The number of para-hydroxylation sites is 1. The third-order valence-electron chi connectivity index (χ3n) is 3.99. The standard InChI is InChI=1S/C18H15N5O2S/c1-22-9-5-8-14(22)15(24)11-26-18-20-16-13(17(25)21-18)10-19-23(16)12-6-3-2-4-7-12/h2-10H,11H2,1H3,(H,20,21,25). The molecule has 26 heavy (non-hydrogen) atoms. The Balaban J connectivity index is 1.65. The maximum absolute atomic E-state index is 12.3. The topological polar surface area (TPSA) is 85.6 Å². The molecule has 4 aromatic rings. The highest BCUT2D eigenvalue weighted by molar-refractivity contribution is 7.99. The highest BCUT2D eigenvalue weighted by atomic mass is 32.2. The summed E-state index contributed by atoms with van der Waals surface area (Å²) in [6.45, 7) is 0. The molecule has 3 heterocycles. The molecule has 3 aromatic heterocycles. The third kappa shape index (κ3) is 2.95. The Bertz CT molecular complexity index is 1140. The summed E-state index contributed by atoms with van der Waals surface area (Å²) in [6, 6.07) is 13.1. The van der Waals surface area contributed by atoms with Crippen LogP contribution in [0.3, 0.4) is 0 Å². The number of nitrogens with one attached hydrogen (secondary N) is 1. The Labute approximate surface area is 152 Å². The minimum absolute atomic E-state index is 0.0261. The van der Waals surface area contributed by atoms with E-state index >= 15 is 0 Å². The lowest BCUT2D eigenvalue weighted by Gasteiger charge is -2.05. The van der Waals surface area contributed by atoms with Crippen LogP contribution in [0.1, 0.15) is 10.5 Å². The number of ketones is 1. The first-order valence-electron chi connectivity index (χ1n) is 7.94. The fourth-order valence-electron chi connectivity index (χ4n) is 2.68. The Hall–Kier alpha value is -3.13. The normalized spacial score (nSPS) is 11.1. The Morgan fingerprint density at radius 1 is 1.19 bits per heavy atom. The molecule has 0 fully saturated rings. The van der Waals surface area contributed by atoms with E-state index in [2.05, 4.69) is 15.1 Å². The van der Waals surface area contributed by atoms with Crippen molar-refractivity contribution < 1.29 is 4.79 Å². The molecule has 0 aliphatic heterocycles. The van der Waals surface area contributed by atoms with Crippen molar-refractivity contribution in [3.8, 4) is 5.69 Å². The van der Waals surface area contributed by atoms with E-state index < -0.39 is 0 Å². The molecule has 1 N–H and O–H groups in total. The lowest BCUT2D eigenvalue weighted by atomic mass is 10.3. The van der Waals surface area contributed by atoms with Gasteiger partial charge in [0.15, 0.2) is 16.6 Å². The number of fused-ring (bicyclic) bond motifs is 1. The summed E-state index contributed by atoms with van der Waals surface area (Å²) in [7, 11) is 1.82. The predicted molar refractivity (Wildman–Crippen MR) is 100.0 cm³/mol. The Kier molecular flexibility index (Phi) is 4.18. The molecular formula is C18H15N5O2S. The van der Waals surface area contributed by atoms with Crippen molar-refractivity contribution in [2.45, 2.75) is 5.16 Å². The van der Waals surface area contributed by atoms with Crippen molar-refractivity contribution in [3.63, 3.8) is 0 Å². The monoisotopic (exact) mass is 365 g/mol. The molecule has 7 nitrogen and oxygen atoms in total. The average Bonchev–Trinajstić information content (AvgIpc) is 3.27. The summed E-state index contributed by atoms with van der Waals surface area (Å²) in [6.07, 6.45) is 3.32. The largest absolute Gasteiger partial charge is 0.348 e. The number of aryl methyl sites for hydroxylation is 1. The van der Waals surface area contributed by atoms with Crippen LogP contribution in [0, 0.1) is 0 Å². The van der Waals surface area contributed by atoms with Gasteiger partial charge in [0.05, 0.1) is 23.3 Å². The van der Waals surface area contributed by atoms with Gasteiger partial charge in [-0.05, 0) is 24.3 Å². The Morgan fingerprint density at radius 2 is 2.00 bits per heavy atom. The van der Waals surface area contributed by atoms with Crippen molar-refractivity contribution in [3.05, 3.63) is 70.9 Å². The molecule has 1 aromatic carbocycles. The molecule has 0 saturated heterocycles. The van der Waals surface area contributed by atoms with Gasteiger partial charge in [0.25, 0.3) is 5.56 Å². The maximum atomic E-state index is 12.3. The first-order chi connectivity index (χ1) is 12.6. The van der Waals surface area contributed by atoms with Crippen LogP contribution in [-0.2, 0) is 7.05 Å². The van der Waals surface area contributed by atoms with Gasteiger partial charge in [0.2, 0.25) is 0 Å². The fraction of sp³-hybridized carbons (Fsp3) is 0.111. The van der Waals surface area contributed by atoms with Gasteiger partial charge in [-0.15, -0.1) is 0 Å². The van der Waals surface area contributed by atoms with Crippen molar-refractivity contribution in [1.29, 1.82) is 0 Å². The van der Waals surface area contributed by atoms with Gasteiger partial charge in [-0.1, -0.05) is 30.0 Å². The van der Waals surface area contributed by atoms with E-state index in [4.69, 9.17) is 0 Å². The number of thioether (sulfide) groups is 1. The van der Waals surface area contributed by atoms with Gasteiger partial charge in [0, 0.05) is 13.2 Å². The van der Waals surface area contributed by atoms with Crippen molar-refractivity contribution in [1.82, 2.24) is 24.3 Å². The van der Waals surface area contributed by atoms with Crippen LogP contribution in [0.15, 0.2) is 64.8 Å². The number of hydrogen-bond donors (Lipinski definition) is 1. The zero-order chi connectivity index (χ0) is 18.1. The summed E-state index contributed by atoms with van der Waals surface area (Å²) in [4.78, 5) is 31.8. The van der Waals surface area contributed by atoms with E-state index in [0.717, 1.165) is 5.69 Å². The predicted octanol–water partition coefficient (Wildman–Crippen LogP) is 2.42. The smallest absolute Gasteiger partial charge is 0.262 e. The van der Waals surface area contributed by atoms with Crippen LogP contribution in [0.25, 0.3) is 16.7 Å².